The molecule has 0 atom stereocenters. The number of benzene rings is 1. The number of nitro benzene ring substituents is 1. The Morgan fingerprint density at radius 2 is 2.20 bits per heavy atom. The molecule has 0 saturated heterocycles. The van der Waals surface area contributed by atoms with E-state index in [2.05, 4.69) is 10.3 Å². The van der Waals surface area contributed by atoms with E-state index in [0.29, 0.717) is 22.7 Å². The number of nitrogens with zero attached hydrogens (tertiary/aromatic N) is 2. The molecule has 0 aliphatic heterocycles. The Morgan fingerprint density at radius 3 is 2.90 bits per heavy atom. The average molecular weight is 273 g/mol. The normalized spacial score (nSPS) is 21.4. The number of non-ortho nitro benzene ring substituents is 1. The van der Waals surface area contributed by atoms with Gasteiger partial charge < -0.3 is 10.1 Å². The number of fused-ring (bicyclic) bond motifs is 1. The first kappa shape index (κ1) is 12.8. The molecule has 1 N–H and O–H groups in total. The summed E-state index contributed by atoms with van der Waals surface area (Å²) in [6.45, 7) is 0. The lowest BCUT2D eigenvalue weighted by atomic mass is 9.89. The molecule has 3 rings (SSSR count). The molecule has 6 nitrogen and oxygen atoms in total. The highest BCUT2D eigenvalue weighted by atomic mass is 16.6. The van der Waals surface area contributed by atoms with Gasteiger partial charge in [-0.05, 0) is 38.1 Å². The number of rotatable bonds is 4. The lowest BCUT2D eigenvalue weighted by Crippen LogP contribution is -2.45. The summed E-state index contributed by atoms with van der Waals surface area (Å²) in [7, 11) is 1.94. The van der Waals surface area contributed by atoms with Gasteiger partial charge >= 0.3 is 0 Å². The van der Waals surface area contributed by atoms with E-state index in [9.17, 15) is 10.1 Å². The predicted octanol–water partition coefficient (Wildman–Crippen LogP) is 2.27. The van der Waals surface area contributed by atoms with Crippen molar-refractivity contribution in [3.8, 4) is 5.75 Å². The molecule has 0 radical (unpaired) electrons. The third kappa shape index (κ3) is 2.18. The summed E-state index contributed by atoms with van der Waals surface area (Å²) >= 11 is 0. The van der Waals surface area contributed by atoms with Gasteiger partial charge in [-0.1, -0.05) is 0 Å². The second-order valence-corrected chi connectivity index (χ2v) is 4.94. The minimum atomic E-state index is -0.417. The summed E-state index contributed by atoms with van der Waals surface area (Å²) in [6.07, 6.45) is 3.63. The van der Waals surface area contributed by atoms with Crippen LogP contribution in [0.3, 0.4) is 0 Å². The van der Waals surface area contributed by atoms with Crippen molar-refractivity contribution < 1.29 is 9.66 Å². The summed E-state index contributed by atoms with van der Waals surface area (Å²) in [5.74, 6) is 0.665. The maximum atomic E-state index is 11.0. The standard InChI is InChI=1S/C14H15N3O3/c1-15-9-7-10(8-9)20-13-5-4-12(17(18)19)14-11(13)3-2-6-16-14/h2-6,9-10,15H,7-8H2,1H3. The molecule has 2 aromatic rings. The van der Waals surface area contributed by atoms with E-state index in [0.717, 1.165) is 12.8 Å². The number of hydrogen-bond acceptors (Lipinski definition) is 5. The van der Waals surface area contributed by atoms with E-state index in [4.69, 9.17) is 4.74 Å². The molecular weight excluding hydrogens is 258 g/mol. The smallest absolute Gasteiger partial charge is 0.295 e. The highest BCUT2D eigenvalue weighted by Gasteiger charge is 2.30. The third-order valence-corrected chi connectivity index (χ3v) is 3.70. The zero-order valence-corrected chi connectivity index (χ0v) is 11.1. The van der Waals surface area contributed by atoms with Crippen LogP contribution in [-0.2, 0) is 0 Å². The lowest BCUT2D eigenvalue weighted by Gasteiger charge is -2.35. The quantitative estimate of drug-likeness (QED) is 0.683. The van der Waals surface area contributed by atoms with Crippen molar-refractivity contribution in [2.45, 2.75) is 25.0 Å². The minimum absolute atomic E-state index is 0.00895. The van der Waals surface area contributed by atoms with Crippen molar-refractivity contribution in [1.82, 2.24) is 10.3 Å². The molecule has 0 bridgehead atoms. The molecular formula is C14H15N3O3. The molecule has 20 heavy (non-hydrogen) atoms. The van der Waals surface area contributed by atoms with Crippen LogP contribution >= 0.6 is 0 Å². The zero-order chi connectivity index (χ0) is 14.1. The van der Waals surface area contributed by atoms with E-state index in [1.165, 1.54) is 6.07 Å². The van der Waals surface area contributed by atoms with E-state index >= 15 is 0 Å². The minimum Gasteiger partial charge on any atom is -0.490 e. The van der Waals surface area contributed by atoms with Crippen LogP contribution in [0, 0.1) is 10.1 Å². The fraction of sp³-hybridized carbons (Fsp3) is 0.357. The van der Waals surface area contributed by atoms with Crippen LogP contribution in [-0.4, -0.2) is 29.1 Å². The first-order chi connectivity index (χ1) is 9.69. The van der Waals surface area contributed by atoms with Gasteiger partial charge in [0.15, 0.2) is 5.52 Å². The summed E-state index contributed by atoms with van der Waals surface area (Å²) in [5, 5.41) is 14.9. The largest absolute Gasteiger partial charge is 0.490 e. The first-order valence-corrected chi connectivity index (χ1v) is 6.55. The van der Waals surface area contributed by atoms with Crippen LogP contribution in [0.15, 0.2) is 30.5 Å². The van der Waals surface area contributed by atoms with E-state index in [1.54, 1.807) is 24.4 Å². The topological polar surface area (TPSA) is 77.3 Å². The monoisotopic (exact) mass is 273 g/mol. The Bertz CT molecular complexity index is 653. The molecule has 6 heteroatoms. The second kappa shape index (κ2) is 5.05. The maximum Gasteiger partial charge on any atom is 0.295 e. The lowest BCUT2D eigenvalue weighted by molar-refractivity contribution is -0.383. The Kier molecular flexibility index (Phi) is 3.23. The molecule has 1 heterocycles. The number of nitrogens with one attached hydrogen (secondary N) is 1. The molecule has 1 aliphatic carbocycles. The van der Waals surface area contributed by atoms with Gasteiger partial charge in [0.1, 0.15) is 11.9 Å². The third-order valence-electron chi connectivity index (χ3n) is 3.70. The second-order valence-electron chi connectivity index (χ2n) is 4.94. The Labute approximate surface area is 115 Å². The molecule has 104 valence electrons. The number of hydrogen-bond donors (Lipinski definition) is 1. The maximum absolute atomic E-state index is 11.0. The highest BCUT2D eigenvalue weighted by molar-refractivity contribution is 5.92. The van der Waals surface area contributed by atoms with Crippen LogP contribution < -0.4 is 10.1 Å². The molecule has 0 unspecified atom stereocenters. The molecule has 1 saturated carbocycles. The summed E-state index contributed by atoms with van der Waals surface area (Å²) in [6, 6.07) is 7.19. The van der Waals surface area contributed by atoms with Gasteiger partial charge in [0.25, 0.3) is 5.69 Å². The van der Waals surface area contributed by atoms with Crippen molar-refractivity contribution in [3.05, 3.63) is 40.6 Å². The molecule has 1 aromatic heterocycles. The zero-order valence-electron chi connectivity index (χ0n) is 11.1. The van der Waals surface area contributed by atoms with Crippen molar-refractivity contribution >= 4 is 16.6 Å². The fourth-order valence-corrected chi connectivity index (χ4v) is 2.46. The Hall–Kier alpha value is -2.21. The number of aromatic nitrogens is 1. The summed E-state index contributed by atoms with van der Waals surface area (Å²) in [5.41, 5.74) is 0.383. The van der Waals surface area contributed by atoms with Crippen LogP contribution in [0.5, 0.6) is 5.75 Å². The molecule has 1 fully saturated rings. The van der Waals surface area contributed by atoms with Crippen molar-refractivity contribution in [1.29, 1.82) is 0 Å². The van der Waals surface area contributed by atoms with Gasteiger partial charge in [-0.25, -0.2) is 4.98 Å². The van der Waals surface area contributed by atoms with Crippen LogP contribution in [0.4, 0.5) is 5.69 Å². The van der Waals surface area contributed by atoms with Crippen LogP contribution in [0.2, 0.25) is 0 Å². The van der Waals surface area contributed by atoms with Gasteiger partial charge in [-0.15, -0.1) is 0 Å². The SMILES string of the molecule is CNC1CC(Oc2ccc([N+](=O)[O-])c3ncccc23)C1. The van der Waals surface area contributed by atoms with Gasteiger partial charge in [0, 0.05) is 23.7 Å². The first-order valence-electron chi connectivity index (χ1n) is 6.55. The summed E-state index contributed by atoms with van der Waals surface area (Å²) < 4.78 is 5.93. The molecule has 0 amide bonds. The molecule has 1 aliphatic rings. The number of ether oxygens (including phenoxy) is 1. The van der Waals surface area contributed by atoms with E-state index in [1.807, 2.05) is 7.05 Å². The fourth-order valence-electron chi connectivity index (χ4n) is 2.46. The molecule has 1 aromatic carbocycles. The van der Waals surface area contributed by atoms with Crippen LogP contribution in [0.1, 0.15) is 12.8 Å². The van der Waals surface area contributed by atoms with Crippen LogP contribution in [0.25, 0.3) is 10.9 Å². The van der Waals surface area contributed by atoms with Gasteiger partial charge in [-0.2, -0.15) is 0 Å². The number of nitro groups is 1. The van der Waals surface area contributed by atoms with Gasteiger partial charge in [0.05, 0.1) is 4.92 Å². The Morgan fingerprint density at radius 1 is 1.40 bits per heavy atom. The van der Waals surface area contributed by atoms with Crippen molar-refractivity contribution in [2.24, 2.45) is 0 Å². The number of pyridine rings is 1. The average Bonchev–Trinajstić information content (AvgIpc) is 2.41. The van der Waals surface area contributed by atoms with Crippen molar-refractivity contribution in [2.75, 3.05) is 7.05 Å². The van der Waals surface area contributed by atoms with Gasteiger partial charge in [-0.3, -0.25) is 10.1 Å². The van der Waals surface area contributed by atoms with E-state index in [-0.39, 0.29) is 11.8 Å². The van der Waals surface area contributed by atoms with Gasteiger partial charge in [0.2, 0.25) is 0 Å². The Balaban J connectivity index is 1.92. The highest BCUT2D eigenvalue weighted by Crippen LogP contribution is 2.34. The molecule has 0 spiro atoms. The van der Waals surface area contributed by atoms with E-state index < -0.39 is 4.92 Å². The van der Waals surface area contributed by atoms with Crippen molar-refractivity contribution in [3.63, 3.8) is 0 Å². The summed E-state index contributed by atoms with van der Waals surface area (Å²) in [4.78, 5) is 14.7. The predicted molar refractivity (Wildman–Crippen MR) is 74.9 cm³/mol.